The largest absolute Gasteiger partial charge is 0.468 e. The van der Waals surface area contributed by atoms with E-state index < -0.39 is 35.5 Å². The van der Waals surface area contributed by atoms with Crippen LogP contribution in [-0.4, -0.2) is 42.6 Å². The molecule has 0 aliphatic heterocycles. The topological polar surface area (TPSA) is 131 Å². The first kappa shape index (κ1) is 33.5. The molecule has 0 aliphatic carbocycles. The smallest absolute Gasteiger partial charge is 0.338 e. The zero-order valence-corrected chi connectivity index (χ0v) is 24.9. The summed E-state index contributed by atoms with van der Waals surface area (Å²) < 4.78 is 21.7. The monoisotopic (exact) mass is 569 g/mol. The van der Waals surface area contributed by atoms with Gasteiger partial charge in [0, 0.05) is 25.7 Å². The number of carbonyl (C=O) groups is 4. The number of hydrogen-bond acceptors (Lipinski definition) is 9. The quantitative estimate of drug-likeness (QED) is 0.221. The van der Waals surface area contributed by atoms with Gasteiger partial charge in [-0.2, -0.15) is 0 Å². The predicted octanol–water partition coefficient (Wildman–Crippen LogP) is 5.42. The van der Waals surface area contributed by atoms with Crippen LogP contribution in [0.25, 0.3) is 0 Å². The van der Waals surface area contributed by atoms with Crippen molar-refractivity contribution in [3.05, 3.63) is 59.7 Å². The van der Waals surface area contributed by atoms with Crippen molar-refractivity contribution in [1.29, 1.82) is 0 Å². The van der Waals surface area contributed by atoms with Crippen molar-refractivity contribution >= 4 is 23.9 Å². The number of nitrogens with two attached hydrogens (primary N) is 1. The van der Waals surface area contributed by atoms with Crippen LogP contribution in [0.4, 0.5) is 0 Å². The van der Waals surface area contributed by atoms with Crippen LogP contribution in [0.2, 0.25) is 0 Å². The number of benzene rings is 2. The summed E-state index contributed by atoms with van der Waals surface area (Å²) in [6, 6.07) is 13.2. The molecule has 0 aromatic heterocycles. The Labute approximate surface area is 242 Å². The molecule has 9 heteroatoms. The third-order valence-electron chi connectivity index (χ3n) is 6.39. The van der Waals surface area contributed by atoms with E-state index in [1.54, 1.807) is 43.3 Å². The normalized spacial score (nSPS) is 13.3. The molecule has 0 saturated heterocycles. The molecule has 224 valence electrons. The van der Waals surface area contributed by atoms with Crippen molar-refractivity contribution in [2.24, 2.45) is 17.6 Å². The number of ether oxygens (including phenoxy) is 4. The molecule has 0 bridgehead atoms. The first-order valence-electron chi connectivity index (χ1n) is 14.0. The lowest BCUT2D eigenvalue weighted by Gasteiger charge is -2.29. The van der Waals surface area contributed by atoms with Gasteiger partial charge in [0.05, 0.1) is 12.7 Å². The maximum absolute atomic E-state index is 12.8. The fraction of sp³-hybridized carbons (Fsp3) is 0.500. The highest BCUT2D eigenvalue weighted by molar-refractivity contribution is 5.89. The van der Waals surface area contributed by atoms with E-state index in [0.29, 0.717) is 35.8 Å². The SMILES string of the molecule is COC(=O)[C@](N)(Cc1ccc(OC(=O)CCC(C)C)c(OC(=O)CCC(C)C)c1)CC(C)OC(=O)c1ccccc1. The van der Waals surface area contributed by atoms with E-state index in [2.05, 4.69) is 0 Å². The van der Waals surface area contributed by atoms with Gasteiger partial charge in [0.2, 0.25) is 0 Å². The minimum absolute atomic E-state index is 0.0228. The Hall–Kier alpha value is -3.72. The number of hydrogen-bond donors (Lipinski definition) is 1. The number of rotatable bonds is 15. The first-order chi connectivity index (χ1) is 19.3. The van der Waals surface area contributed by atoms with Crippen LogP contribution in [0.3, 0.4) is 0 Å². The second kappa shape index (κ2) is 15.9. The second-order valence-corrected chi connectivity index (χ2v) is 11.2. The fourth-order valence-corrected chi connectivity index (χ4v) is 4.16. The van der Waals surface area contributed by atoms with Crippen molar-refractivity contribution in [3.8, 4) is 11.5 Å². The molecular weight excluding hydrogens is 526 g/mol. The number of methoxy groups -OCH3 is 1. The maximum Gasteiger partial charge on any atom is 0.338 e. The van der Waals surface area contributed by atoms with E-state index >= 15 is 0 Å². The summed E-state index contributed by atoms with van der Waals surface area (Å²) in [4.78, 5) is 50.4. The van der Waals surface area contributed by atoms with Gasteiger partial charge in [0.15, 0.2) is 11.5 Å². The van der Waals surface area contributed by atoms with Gasteiger partial charge in [-0.1, -0.05) is 52.0 Å². The van der Waals surface area contributed by atoms with E-state index in [9.17, 15) is 19.2 Å². The number of esters is 4. The lowest BCUT2D eigenvalue weighted by atomic mass is 9.86. The zero-order chi connectivity index (χ0) is 30.6. The Kier molecular flexibility index (Phi) is 13.0. The molecule has 1 unspecified atom stereocenters. The molecule has 0 radical (unpaired) electrons. The first-order valence-corrected chi connectivity index (χ1v) is 14.0. The predicted molar refractivity (Wildman–Crippen MR) is 154 cm³/mol. The highest BCUT2D eigenvalue weighted by Gasteiger charge is 2.38. The van der Waals surface area contributed by atoms with Crippen molar-refractivity contribution in [2.45, 2.75) is 84.8 Å². The van der Waals surface area contributed by atoms with Crippen LogP contribution >= 0.6 is 0 Å². The molecule has 0 saturated carbocycles. The lowest BCUT2D eigenvalue weighted by molar-refractivity contribution is -0.148. The average molecular weight is 570 g/mol. The summed E-state index contributed by atoms with van der Waals surface area (Å²) in [5.41, 5.74) is 5.90. The van der Waals surface area contributed by atoms with Crippen LogP contribution in [-0.2, 0) is 30.3 Å². The van der Waals surface area contributed by atoms with E-state index in [0.717, 1.165) is 0 Å². The molecule has 9 nitrogen and oxygen atoms in total. The molecule has 0 fully saturated rings. The molecule has 0 spiro atoms. The molecule has 0 aliphatic rings. The van der Waals surface area contributed by atoms with E-state index in [-0.39, 0.29) is 37.2 Å². The van der Waals surface area contributed by atoms with Crippen molar-refractivity contribution in [1.82, 2.24) is 0 Å². The average Bonchev–Trinajstić information content (AvgIpc) is 2.91. The Balaban J connectivity index is 2.28. The van der Waals surface area contributed by atoms with Crippen LogP contribution in [0, 0.1) is 11.8 Å². The van der Waals surface area contributed by atoms with Crippen LogP contribution in [0.1, 0.15) is 82.6 Å². The molecule has 2 aromatic carbocycles. The van der Waals surface area contributed by atoms with E-state index in [1.807, 2.05) is 27.7 Å². The van der Waals surface area contributed by atoms with Gasteiger partial charge >= 0.3 is 23.9 Å². The van der Waals surface area contributed by atoms with Crippen LogP contribution < -0.4 is 15.2 Å². The molecule has 2 N–H and O–H groups in total. The van der Waals surface area contributed by atoms with Gasteiger partial charge < -0.3 is 24.7 Å². The Bertz CT molecular complexity index is 1180. The van der Waals surface area contributed by atoms with Crippen molar-refractivity contribution < 1.29 is 38.1 Å². The minimum atomic E-state index is -1.57. The maximum atomic E-state index is 12.8. The fourth-order valence-electron chi connectivity index (χ4n) is 4.16. The summed E-state index contributed by atoms with van der Waals surface area (Å²) in [6.45, 7) is 9.66. The van der Waals surface area contributed by atoms with Crippen molar-refractivity contribution in [3.63, 3.8) is 0 Å². The standard InChI is InChI=1S/C32H43NO8/c1-21(2)12-16-28(34)40-26-15-14-24(18-27(26)41-29(35)17-13-22(3)4)20-32(33,31(37)38-6)19-23(5)39-30(36)25-10-8-7-9-11-25/h7-11,14-15,18,21-23H,12-13,16-17,19-20,33H2,1-6H3/t23?,32-/m1/s1. The van der Waals surface area contributed by atoms with Gasteiger partial charge in [-0.15, -0.1) is 0 Å². The Morgan fingerprint density at radius 2 is 1.37 bits per heavy atom. The minimum Gasteiger partial charge on any atom is -0.468 e. The summed E-state index contributed by atoms with van der Waals surface area (Å²) in [5, 5.41) is 0. The molecule has 41 heavy (non-hydrogen) atoms. The van der Waals surface area contributed by atoms with Gasteiger partial charge in [0.25, 0.3) is 0 Å². The van der Waals surface area contributed by atoms with Gasteiger partial charge in [-0.25, -0.2) is 4.79 Å². The Morgan fingerprint density at radius 1 is 0.805 bits per heavy atom. The number of carbonyl (C=O) groups excluding carboxylic acids is 4. The highest BCUT2D eigenvalue weighted by atomic mass is 16.6. The zero-order valence-electron chi connectivity index (χ0n) is 24.9. The van der Waals surface area contributed by atoms with Crippen LogP contribution in [0.5, 0.6) is 11.5 Å². The second-order valence-electron chi connectivity index (χ2n) is 11.2. The summed E-state index contributed by atoms with van der Waals surface area (Å²) in [5.74, 6) is -1.35. The molecule has 2 atom stereocenters. The van der Waals surface area contributed by atoms with Gasteiger partial charge in [0.1, 0.15) is 11.6 Å². The Morgan fingerprint density at radius 3 is 1.90 bits per heavy atom. The van der Waals surface area contributed by atoms with Gasteiger partial charge in [-0.3, -0.25) is 14.4 Å². The van der Waals surface area contributed by atoms with E-state index in [4.69, 9.17) is 24.7 Å². The third kappa shape index (κ3) is 11.4. The summed E-state index contributed by atoms with van der Waals surface area (Å²) in [7, 11) is 1.23. The lowest BCUT2D eigenvalue weighted by Crippen LogP contribution is -2.53. The molecule has 2 aromatic rings. The third-order valence-corrected chi connectivity index (χ3v) is 6.39. The summed E-state index contributed by atoms with van der Waals surface area (Å²) >= 11 is 0. The van der Waals surface area contributed by atoms with Crippen molar-refractivity contribution in [2.75, 3.05) is 7.11 Å². The molecule has 0 amide bonds. The van der Waals surface area contributed by atoms with E-state index in [1.165, 1.54) is 19.2 Å². The molecule has 2 rings (SSSR count). The van der Waals surface area contributed by atoms with Crippen LogP contribution in [0.15, 0.2) is 48.5 Å². The van der Waals surface area contributed by atoms with Gasteiger partial charge in [-0.05, 0) is 61.4 Å². The molecular formula is C32H43NO8. The highest BCUT2D eigenvalue weighted by Crippen LogP contribution is 2.32. The summed E-state index contributed by atoms with van der Waals surface area (Å²) in [6.07, 6.45) is 0.919. The molecule has 0 heterocycles.